The summed E-state index contributed by atoms with van der Waals surface area (Å²) >= 11 is 1.19. The Bertz CT molecular complexity index is 855. The van der Waals surface area contributed by atoms with Crippen LogP contribution in [-0.2, 0) is 35.2 Å². The van der Waals surface area contributed by atoms with Crippen molar-refractivity contribution in [1.82, 2.24) is 25.2 Å². The van der Waals surface area contributed by atoms with E-state index in [1.807, 2.05) is 0 Å². The summed E-state index contributed by atoms with van der Waals surface area (Å²) in [6.45, 7) is 0.731. The summed E-state index contributed by atoms with van der Waals surface area (Å²) in [5.41, 5.74) is -1.69. The zero-order chi connectivity index (χ0) is 20.5. The Labute approximate surface area is 162 Å². The number of carboxylic acid groups (broad SMARTS) is 1. The second-order valence-corrected chi connectivity index (χ2v) is 6.99. The third-order valence-corrected chi connectivity index (χ3v) is 5.53. The van der Waals surface area contributed by atoms with Crippen molar-refractivity contribution >= 4 is 35.5 Å². The average Bonchev–Trinajstić information content (AvgIpc) is 3.15. The van der Waals surface area contributed by atoms with Crippen LogP contribution in [0.3, 0.4) is 0 Å². The Morgan fingerprint density at radius 2 is 2.07 bits per heavy atom. The first-order valence-corrected chi connectivity index (χ1v) is 9.09. The second-order valence-electron chi connectivity index (χ2n) is 5.92. The molecular formula is C15H17N5O7S. The lowest BCUT2D eigenvalue weighted by atomic mass is 9.98. The van der Waals surface area contributed by atoms with E-state index in [2.05, 4.69) is 15.5 Å². The van der Waals surface area contributed by atoms with E-state index < -0.39 is 34.9 Å². The van der Waals surface area contributed by atoms with Gasteiger partial charge < -0.3 is 19.9 Å². The summed E-state index contributed by atoms with van der Waals surface area (Å²) in [6, 6.07) is 0. The predicted molar refractivity (Wildman–Crippen MR) is 92.3 cm³/mol. The van der Waals surface area contributed by atoms with Gasteiger partial charge >= 0.3 is 11.9 Å². The van der Waals surface area contributed by atoms with Gasteiger partial charge in [-0.15, -0.1) is 11.8 Å². The maximum Gasteiger partial charge on any atom is 0.352 e. The summed E-state index contributed by atoms with van der Waals surface area (Å²) in [5.74, 6) is -3.02. The Balaban J connectivity index is 1.81. The van der Waals surface area contributed by atoms with E-state index in [4.69, 9.17) is 9.47 Å². The first kappa shape index (κ1) is 19.8. The summed E-state index contributed by atoms with van der Waals surface area (Å²) in [4.78, 5) is 50.0. The molecule has 2 atom stereocenters. The molecule has 1 unspecified atom stereocenters. The third kappa shape index (κ3) is 3.33. The number of nitrogens with zero attached hydrogens (tertiary/aromatic N) is 4. The molecule has 0 aromatic carbocycles. The Hall–Kier alpha value is -2.93. The number of hydrogen-bond donors (Lipinski definition) is 2. The SMILES string of the molecule is COC1(NC(=O)Cn2nccn2)C(=O)N2C(C(=O)O)=C(COC(C)=O)CS[C@@H]21. The number of rotatable bonds is 7. The lowest BCUT2D eigenvalue weighted by Crippen LogP contribution is -2.80. The number of methoxy groups -OCH3 is 1. The molecule has 150 valence electrons. The van der Waals surface area contributed by atoms with E-state index in [0.717, 1.165) is 9.70 Å². The number of carbonyl (C=O) groups is 4. The summed E-state index contributed by atoms with van der Waals surface area (Å²) < 4.78 is 10.2. The van der Waals surface area contributed by atoms with Gasteiger partial charge in [-0.2, -0.15) is 15.0 Å². The largest absolute Gasteiger partial charge is 0.477 e. The number of amides is 2. The van der Waals surface area contributed by atoms with E-state index in [9.17, 15) is 24.3 Å². The van der Waals surface area contributed by atoms with Crippen LogP contribution in [0.2, 0.25) is 0 Å². The third-order valence-electron chi connectivity index (χ3n) is 4.16. The molecule has 1 fully saturated rings. The number of nitrogens with one attached hydrogen (secondary N) is 1. The molecule has 2 aliphatic heterocycles. The summed E-state index contributed by atoms with van der Waals surface area (Å²) in [7, 11) is 1.25. The average molecular weight is 411 g/mol. The van der Waals surface area contributed by atoms with Crippen LogP contribution < -0.4 is 5.32 Å². The monoisotopic (exact) mass is 411 g/mol. The van der Waals surface area contributed by atoms with Crippen LogP contribution in [0.15, 0.2) is 23.7 Å². The minimum absolute atomic E-state index is 0.186. The first-order chi connectivity index (χ1) is 13.3. The summed E-state index contributed by atoms with van der Waals surface area (Å²) in [6.07, 6.45) is 2.81. The fourth-order valence-corrected chi connectivity index (χ4v) is 4.36. The molecule has 13 heteroatoms. The highest BCUT2D eigenvalue weighted by atomic mass is 32.2. The van der Waals surface area contributed by atoms with Crippen LogP contribution in [0.4, 0.5) is 0 Å². The van der Waals surface area contributed by atoms with Crippen molar-refractivity contribution in [3.63, 3.8) is 0 Å². The molecule has 2 aliphatic rings. The number of ether oxygens (including phenoxy) is 2. The van der Waals surface area contributed by atoms with Gasteiger partial charge in [0.2, 0.25) is 5.91 Å². The van der Waals surface area contributed by atoms with Gasteiger partial charge in [0.1, 0.15) is 24.2 Å². The van der Waals surface area contributed by atoms with Gasteiger partial charge in [0, 0.05) is 25.4 Å². The topological polar surface area (TPSA) is 153 Å². The maximum atomic E-state index is 12.8. The van der Waals surface area contributed by atoms with Gasteiger partial charge in [0.05, 0.1) is 12.4 Å². The molecule has 0 spiro atoms. The van der Waals surface area contributed by atoms with Crippen molar-refractivity contribution < 1.29 is 33.8 Å². The Morgan fingerprint density at radius 1 is 1.39 bits per heavy atom. The Kier molecular flexibility index (Phi) is 5.38. The van der Waals surface area contributed by atoms with Gasteiger partial charge in [-0.05, 0) is 0 Å². The molecule has 3 rings (SSSR count). The number of thioether (sulfide) groups is 1. The van der Waals surface area contributed by atoms with Crippen molar-refractivity contribution in [3.8, 4) is 0 Å². The van der Waals surface area contributed by atoms with Crippen molar-refractivity contribution in [2.45, 2.75) is 24.6 Å². The molecule has 1 saturated heterocycles. The summed E-state index contributed by atoms with van der Waals surface area (Å²) in [5, 5.41) is 18.9. The van der Waals surface area contributed by atoms with Crippen LogP contribution in [0.1, 0.15) is 6.92 Å². The minimum atomic E-state index is -1.71. The number of fused-ring (bicyclic) bond motifs is 1. The fraction of sp³-hybridized carbons (Fsp3) is 0.467. The molecule has 0 bridgehead atoms. The van der Waals surface area contributed by atoms with Crippen LogP contribution in [0.25, 0.3) is 0 Å². The molecule has 0 saturated carbocycles. The number of esters is 1. The number of carboxylic acids is 1. The van der Waals surface area contributed by atoms with Gasteiger partial charge in [-0.3, -0.25) is 19.3 Å². The van der Waals surface area contributed by atoms with E-state index >= 15 is 0 Å². The van der Waals surface area contributed by atoms with Crippen molar-refractivity contribution in [2.24, 2.45) is 0 Å². The van der Waals surface area contributed by atoms with E-state index in [0.29, 0.717) is 0 Å². The van der Waals surface area contributed by atoms with Gasteiger partial charge in [0.25, 0.3) is 11.6 Å². The fourth-order valence-electron chi connectivity index (χ4n) is 2.94. The van der Waals surface area contributed by atoms with Crippen LogP contribution in [-0.4, -0.2) is 79.3 Å². The molecule has 0 radical (unpaired) electrons. The number of aliphatic carboxylic acids is 1. The lowest BCUT2D eigenvalue weighted by Gasteiger charge is -2.55. The lowest BCUT2D eigenvalue weighted by molar-refractivity contribution is -0.192. The molecule has 12 nitrogen and oxygen atoms in total. The number of hydrogen-bond acceptors (Lipinski definition) is 9. The molecule has 3 heterocycles. The molecular weight excluding hydrogens is 394 g/mol. The number of carbonyl (C=O) groups excluding carboxylic acids is 3. The molecule has 0 aliphatic carbocycles. The second kappa shape index (κ2) is 7.59. The standard InChI is InChI=1S/C15H17N5O7S/c1-8(21)27-6-9-7-28-14-15(26-2,13(25)20(14)11(9)12(23)24)18-10(22)5-19-16-3-4-17-19/h3-4,14H,5-7H2,1-2H3,(H,18,22)(H,23,24)/t14-,15?/m1/s1. The van der Waals surface area contributed by atoms with Crippen LogP contribution in [0.5, 0.6) is 0 Å². The first-order valence-electron chi connectivity index (χ1n) is 8.04. The zero-order valence-corrected chi connectivity index (χ0v) is 15.8. The molecule has 2 amide bonds. The normalized spacial score (nSPS) is 23.7. The van der Waals surface area contributed by atoms with Gasteiger partial charge in [-0.1, -0.05) is 0 Å². The quantitative estimate of drug-likeness (QED) is 0.310. The van der Waals surface area contributed by atoms with Gasteiger partial charge in [0.15, 0.2) is 0 Å². The zero-order valence-electron chi connectivity index (χ0n) is 14.9. The highest BCUT2D eigenvalue weighted by Gasteiger charge is 2.66. The Morgan fingerprint density at radius 3 is 2.64 bits per heavy atom. The maximum absolute atomic E-state index is 12.8. The van der Waals surface area contributed by atoms with E-state index in [-0.39, 0.29) is 30.2 Å². The minimum Gasteiger partial charge on any atom is -0.477 e. The molecule has 2 N–H and O–H groups in total. The van der Waals surface area contributed by atoms with Crippen LogP contribution >= 0.6 is 11.8 Å². The highest BCUT2D eigenvalue weighted by molar-refractivity contribution is 8.00. The molecule has 1 aromatic rings. The van der Waals surface area contributed by atoms with E-state index in [1.165, 1.54) is 38.2 Å². The number of aromatic nitrogens is 3. The van der Waals surface area contributed by atoms with Crippen LogP contribution in [0, 0.1) is 0 Å². The smallest absolute Gasteiger partial charge is 0.352 e. The predicted octanol–water partition coefficient (Wildman–Crippen LogP) is -1.45. The van der Waals surface area contributed by atoms with E-state index in [1.54, 1.807) is 0 Å². The highest BCUT2D eigenvalue weighted by Crippen LogP contribution is 2.46. The van der Waals surface area contributed by atoms with Crippen molar-refractivity contribution in [3.05, 3.63) is 23.7 Å². The van der Waals surface area contributed by atoms with Crippen molar-refractivity contribution in [1.29, 1.82) is 0 Å². The molecule has 28 heavy (non-hydrogen) atoms. The number of β-lactam (4-membered cyclic amide) rings is 1. The molecule has 1 aromatic heterocycles. The van der Waals surface area contributed by atoms with Gasteiger partial charge in [-0.25, -0.2) is 4.79 Å². The van der Waals surface area contributed by atoms with Crippen molar-refractivity contribution in [2.75, 3.05) is 19.5 Å².